The van der Waals surface area contributed by atoms with Crippen LogP contribution in [-0.4, -0.2) is 28.2 Å². The molecule has 0 aromatic heterocycles. The second-order valence-corrected chi connectivity index (χ2v) is 4.87. The van der Waals surface area contributed by atoms with Gasteiger partial charge in [-0.2, -0.15) is 0 Å². The fourth-order valence-electron chi connectivity index (χ4n) is 2.33. The molecule has 7 nitrogen and oxygen atoms in total. The van der Waals surface area contributed by atoms with Crippen molar-refractivity contribution < 1.29 is 14.5 Å². The highest BCUT2D eigenvalue weighted by Crippen LogP contribution is 2.26. The minimum absolute atomic E-state index is 0.0498. The number of hydrogen-bond acceptors (Lipinski definition) is 5. The van der Waals surface area contributed by atoms with Gasteiger partial charge in [-0.1, -0.05) is 6.07 Å². The Morgan fingerprint density at radius 2 is 1.95 bits per heavy atom. The van der Waals surface area contributed by atoms with Crippen molar-refractivity contribution in [3.8, 4) is 0 Å². The van der Waals surface area contributed by atoms with E-state index in [2.05, 4.69) is 5.32 Å². The van der Waals surface area contributed by atoms with Gasteiger partial charge >= 0.3 is 0 Å². The number of hydrogen-bond donors (Lipinski definition) is 1. The van der Waals surface area contributed by atoms with Crippen molar-refractivity contribution in [1.82, 2.24) is 4.90 Å². The summed E-state index contributed by atoms with van der Waals surface area (Å²) in [6.07, 6.45) is 1.28. The Hall–Kier alpha value is -2.44. The molecule has 0 bridgehead atoms. The van der Waals surface area contributed by atoms with E-state index < -0.39 is 4.92 Å². The zero-order chi connectivity index (χ0) is 15.4. The van der Waals surface area contributed by atoms with Gasteiger partial charge in [-0.25, -0.2) is 0 Å². The zero-order valence-electron chi connectivity index (χ0n) is 11.8. The maximum atomic E-state index is 11.8. The lowest BCUT2D eigenvalue weighted by molar-refractivity contribution is -0.384. The number of amides is 2. The van der Waals surface area contributed by atoms with Gasteiger partial charge in [-0.3, -0.25) is 24.6 Å². The van der Waals surface area contributed by atoms with Crippen molar-refractivity contribution in [2.24, 2.45) is 0 Å². The number of nitrogens with one attached hydrogen (secondary N) is 1. The number of benzene rings is 1. The quantitative estimate of drug-likeness (QED) is 0.509. The Morgan fingerprint density at radius 3 is 2.52 bits per heavy atom. The van der Waals surface area contributed by atoms with E-state index in [9.17, 15) is 19.7 Å². The third kappa shape index (κ3) is 3.36. The normalized spacial score (nSPS) is 15.2. The molecule has 0 atom stereocenters. The molecule has 1 heterocycles. The highest BCUT2D eigenvalue weighted by atomic mass is 16.6. The van der Waals surface area contributed by atoms with Crippen LogP contribution >= 0.6 is 0 Å². The zero-order valence-corrected chi connectivity index (χ0v) is 11.8. The monoisotopic (exact) mass is 291 g/mol. The molecule has 1 N–H and O–H groups in total. The van der Waals surface area contributed by atoms with Crippen molar-refractivity contribution in [1.29, 1.82) is 0 Å². The first-order chi connectivity index (χ1) is 10.0. The third-order valence-electron chi connectivity index (χ3n) is 3.35. The summed E-state index contributed by atoms with van der Waals surface area (Å²) in [4.78, 5) is 35.3. The number of carbonyl (C=O) groups excluding carboxylic acids is 2. The number of nitro groups is 1. The van der Waals surface area contributed by atoms with Gasteiger partial charge in [0.15, 0.2) is 0 Å². The van der Waals surface area contributed by atoms with Crippen LogP contribution in [0.2, 0.25) is 0 Å². The molecule has 0 unspecified atom stereocenters. The highest BCUT2D eigenvalue weighted by molar-refractivity contribution is 5.97. The topological polar surface area (TPSA) is 92.6 Å². The molecule has 0 radical (unpaired) electrons. The number of nitro benzene ring substituents is 1. The number of carbonyl (C=O) groups is 2. The molecule has 1 aliphatic heterocycles. The summed E-state index contributed by atoms with van der Waals surface area (Å²) in [7, 11) is 0. The van der Waals surface area contributed by atoms with E-state index >= 15 is 0 Å². The van der Waals surface area contributed by atoms with Crippen LogP contribution in [0.5, 0.6) is 0 Å². The molecule has 1 aromatic carbocycles. The molecule has 1 saturated heterocycles. The van der Waals surface area contributed by atoms with Crippen LogP contribution in [0, 0.1) is 10.1 Å². The molecular formula is C14H17N3O4. The van der Waals surface area contributed by atoms with Gasteiger partial charge in [-0.05, 0) is 25.0 Å². The largest absolute Gasteiger partial charge is 0.380 e. The molecule has 0 aliphatic carbocycles. The molecule has 0 spiro atoms. The van der Waals surface area contributed by atoms with Gasteiger partial charge in [0, 0.05) is 25.5 Å². The van der Waals surface area contributed by atoms with Crippen LogP contribution in [-0.2, 0) is 16.1 Å². The van der Waals surface area contributed by atoms with Crippen molar-refractivity contribution in [2.45, 2.75) is 32.7 Å². The molecule has 112 valence electrons. The van der Waals surface area contributed by atoms with Crippen LogP contribution in [0.3, 0.4) is 0 Å². The van der Waals surface area contributed by atoms with E-state index in [0.29, 0.717) is 37.1 Å². The predicted octanol–water partition coefficient (Wildman–Crippen LogP) is 2.07. The lowest BCUT2D eigenvalue weighted by atomic mass is 10.1. The summed E-state index contributed by atoms with van der Waals surface area (Å²) in [6.45, 7) is 2.51. The maximum Gasteiger partial charge on any atom is 0.292 e. The van der Waals surface area contributed by atoms with Gasteiger partial charge in [0.25, 0.3) is 5.69 Å². The molecule has 21 heavy (non-hydrogen) atoms. The van der Waals surface area contributed by atoms with E-state index in [4.69, 9.17) is 0 Å². The van der Waals surface area contributed by atoms with Gasteiger partial charge < -0.3 is 5.32 Å². The third-order valence-corrected chi connectivity index (χ3v) is 3.35. The average molecular weight is 291 g/mol. The highest BCUT2D eigenvalue weighted by Gasteiger charge is 2.26. The molecule has 1 aromatic rings. The van der Waals surface area contributed by atoms with Gasteiger partial charge in [-0.15, -0.1) is 0 Å². The number of imide groups is 1. The van der Waals surface area contributed by atoms with Crippen molar-refractivity contribution in [2.75, 3.05) is 11.9 Å². The Balaban J connectivity index is 2.24. The van der Waals surface area contributed by atoms with Crippen molar-refractivity contribution >= 4 is 23.2 Å². The van der Waals surface area contributed by atoms with Crippen LogP contribution in [0.1, 0.15) is 31.7 Å². The minimum Gasteiger partial charge on any atom is -0.380 e. The first-order valence-electron chi connectivity index (χ1n) is 6.87. The second kappa shape index (κ2) is 6.34. The van der Waals surface area contributed by atoms with Gasteiger partial charge in [0.1, 0.15) is 5.69 Å². The Bertz CT molecular complexity index is 570. The van der Waals surface area contributed by atoms with E-state index in [1.807, 2.05) is 6.92 Å². The Morgan fingerprint density at radius 1 is 1.29 bits per heavy atom. The summed E-state index contributed by atoms with van der Waals surface area (Å²) in [5, 5.41) is 14.0. The molecular weight excluding hydrogens is 274 g/mol. The summed E-state index contributed by atoms with van der Waals surface area (Å²) in [6, 6.07) is 4.71. The van der Waals surface area contributed by atoms with Crippen molar-refractivity contribution in [3.63, 3.8) is 0 Å². The molecule has 7 heteroatoms. The Labute approximate surface area is 122 Å². The van der Waals surface area contributed by atoms with E-state index in [1.165, 1.54) is 11.0 Å². The smallest absolute Gasteiger partial charge is 0.292 e. The number of rotatable bonds is 5. The second-order valence-electron chi connectivity index (χ2n) is 4.87. The van der Waals surface area contributed by atoms with E-state index in [0.717, 1.165) is 0 Å². The van der Waals surface area contributed by atoms with E-state index in [-0.39, 0.29) is 24.0 Å². The summed E-state index contributed by atoms with van der Waals surface area (Å²) in [5.74, 6) is -0.436. The van der Waals surface area contributed by atoms with Crippen LogP contribution < -0.4 is 5.32 Å². The Kier molecular flexibility index (Phi) is 4.52. The summed E-state index contributed by atoms with van der Waals surface area (Å²) >= 11 is 0. The molecule has 1 fully saturated rings. The first kappa shape index (κ1) is 15.0. The summed E-state index contributed by atoms with van der Waals surface area (Å²) < 4.78 is 0. The van der Waals surface area contributed by atoms with E-state index in [1.54, 1.807) is 12.1 Å². The maximum absolute atomic E-state index is 11.8. The molecule has 2 amide bonds. The number of anilines is 1. The lowest BCUT2D eigenvalue weighted by Gasteiger charge is -2.24. The number of likely N-dealkylation sites (tertiary alicyclic amines) is 1. The molecule has 1 aliphatic rings. The van der Waals surface area contributed by atoms with Crippen molar-refractivity contribution in [3.05, 3.63) is 33.9 Å². The standard InChI is InChI=1S/C14H17N3O4/c1-2-15-11-7-6-10(8-12(11)17(20)21)9-16-13(18)4-3-5-14(16)19/h6-8,15H,2-5,9H2,1H3. The molecule has 2 rings (SSSR count). The number of nitrogens with zero attached hydrogens (tertiary/aromatic N) is 2. The predicted molar refractivity (Wildman–Crippen MR) is 76.7 cm³/mol. The lowest BCUT2D eigenvalue weighted by Crippen LogP contribution is -2.39. The van der Waals surface area contributed by atoms with Crippen LogP contribution in [0.25, 0.3) is 0 Å². The first-order valence-corrected chi connectivity index (χ1v) is 6.87. The molecule has 0 saturated carbocycles. The van der Waals surface area contributed by atoms with Crippen LogP contribution in [0.4, 0.5) is 11.4 Å². The minimum atomic E-state index is -0.471. The van der Waals surface area contributed by atoms with Gasteiger partial charge in [0.05, 0.1) is 11.5 Å². The number of piperidine rings is 1. The SMILES string of the molecule is CCNc1ccc(CN2C(=O)CCCC2=O)cc1[N+](=O)[O-]. The fraction of sp³-hybridized carbons (Fsp3) is 0.429. The average Bonchev–Trinajstić information content (AvgIpc) is 2.44. The summed E-state index contributed by atoms with van der Waals surface area (Å²) in [5.41, 5.74) is 0.959. The van der Waals surface area contributed by atoms with Gasteiger partial charge in [0.2, 0.25) is 11.8 Å². The fourth-order valence-corrected chi connectivity index (χ4v) is 2.33. The van der Waals surface area contributed by atoms with Crippen LogP contribution in [0.15, 0.2) is 18.2 Å².